The average molecular weight is 527 g/mol. The number of aromatic amines is 1. The van der Waals surface area contributed by atoms with Gasteiger partial charge in [0.2, 0.25) is 0 Å². The highest BCUT2D eigenvalue weighted by molar-refractivity contribution is 5.79. The number of nitrogens with zero attached hydrogens (tertiary/aromatic N) is 3. The molecule has 1 N–H and O–H groups in total. The standard InChI is InChI=1S/C37H26N4/c1-5-13-26(14-6-1)32-21-30(22-33(38-32)27-15-7-2-8-16-27)36-25-37(41-40-36)31-23-34(28-17-9-3-10-18-28)39-35(24-31)29-19-11-4-12-20-29/h1-25H,(H,40,41). The van der Waals surface area contributed by atoms with Crippen LogP contribution in [-0.4, -0.2) is 20.2 Å². The predicted octanol–water partition coefficient (Wildman–Crippen LogP) is 9.20. The highest BCUT2D eigenvalue weighted by atomic mass is 15.1. The van der Waals surface area contributed by atoms with Gasteiger partial charge < -0.3 is 0 Å². The van der Waals surface area contributed by atoms with Gasteiger partial charge in [0.15, 0.2) is 0 Å². The predicted molar refractivity (Wildman–Crippen MR) is 167 cm³/mol. The van der Waals surface area contributed by atoms with Crippen molar-refractivity contribution in [3.05, 3.63) is 152 Å². The van der Waals surface area contributed by atoms with Crippen LogP contribution in [0.3, 0.4) is 0 Å². The lowest BCUT2D eigenvalue weighted by molar-refractivity contribution is 1.10. The van der Waals surface area contributed by atoms with Gasteiger partial charge in [-0.15, -0.1) is 0 Å². The fourth-order valence-corrected chi connectivity index (χ4v) is 5.01. The first-order valence-electron chi connectivity index (χ1n) is 13.6. The molecule has 194 valence electrons. The molecule has 7 rings (SSSR count). The molecule has 0 aliphatic carbocycles. The summed E-state index contributed by atoms with van der Waals surface area (Å²) in [4.78, 5) is 10.0. The molecule has 0 saturated carbocycles. The van der Waals surface area contributed by atoms with E-state index < -0.39 is 0 Å². The molecule has 0 unspecified atom stereocenters. The fraction of sp³-hybridized carbons (Fsp3) is 0. The average Bonchev–Trinajstić information content (AvgIpc) is 3.57. The van der Waals surface area contributed by atoms with E-state index in [0.717, 1.165) is 67.5 Å². The second kappa shape index (κ2) is 10.9. The molecule has 0 saturated heterocycles. The van der Waals surface area contributed by atoms with E-state index >= 15 is 0 Å². The van der Waals surface area contributed by atoms with Gasteiger partial charge in [-0.3, -0.25) is 5.10 Å². The van der Waals surface area contributed by atoms with Gasteiger partial charge in [0.05, 0.1) is 34.2 Å². The summed E-state index contributed by atoms with van der Waals surface area (Å²) in [6.07, 6.45) is 0. The zero-order valence-corrected chi connectivity index (χ0v) is 22.3. The van der Waals surface area contributed by atoms with E-state index in [1.807, 2.05) is 72.8 Å². The SMILES string of the molecule is c1ccc(-c2cc(-c3cc(-c4cc(-c5ccccc5)nc(-c5ccccc5)c4)[nH]n3)cc(-c3ccccc3)n2)cc1. The molecule has 7 aromatic rings. The summed E-state index contributed by atoms with van der Waals surface area (Å²) >= 11 is 0. The minimum atomic E-state index is 0.857. The Hall–Kier alpha value is -5.61. The monoisotopic (exact) mass is 526 g/mol. The Morgan fingerprint density at radius 3 is 1.02 bits per heavy atom. The first-order valence-corrected chi connectivity index (χ1v) is 13.6. The summed E-state index contributed by atoms with van der Waals surface area (Å²) in [6, 6.07) is 51.7. The van der Waals surface area contributed by atoms with Gasteiger partial charge in [0.25, 0.3) is 0 Å². The second-order valence-corrected chi connectivity index (χ2v) is 9.88. The number of benzene rings is 4. The minimum absolute atomic E-state index is 0.857. The first-order chi connectivity index (χ1) is 20.3. The van der Waals surface area contributed by atoms with Gasteiger partial charge in [-0.05, 0) is 30.3 Å². The molecule has 4 nitrogen and oxygen atoms in total. The van der Waals surface area contributed by atoms with Crippen LogP contribution in [0, 0.1) is 0 Å². The summed E-state index contributed by atoms with van der Waals surface area (Å²) in [5.41, 5.74) is 11.7. The summed E-state index contributed by atoms with van der Waals surface area (Å²) in [5, 5.41) is 8.06. The first kappa shape index (κ1) is 24.4. The maximum atomic E-state index is 5.01. The fourth-order valence-electron chi connectivity index (χ4n) is 5.01. The molecule has 0 bridgehead atoms. The van der Waals surface area contributed by atoms with Gasteiger partial charge in [-0.2, -0.15) is 5.10 Å². The van der Waals surface area contributed by atoms with Crippen molar-refractivity contribution in [2.75, 3.05) is 0 Å². The van der Waals surface area contributed by atoms with Crippen LogP contribution in [-0.2, 0) is 0 Å². The van der Waals surface area contributed by atoms with Crippen molar-refractivity contribution >= 4 is 0 Å². The van der Waals surface area contributed by atoms with E-state index in [9.17, 15) is 0 Å². The number of nitrogens with one attached hydrogen (secondary N) is 1. The normalized spacial score (nSPS) is 10.9. The molecule has 0 fully saturated rings. The van der Waals surface area contributed by atoms with Gasteiger partial charge in [-0.1, -0.05) is 121 Å². The largest absolute Gasteiger partial charge is 0.277 e. The number of pyridine rings is 2. The quantitative estimate of drug-likeness (QED) is 0.235. The lowest BCUT2D eigenvalue weighted by atomic mass is 10.0. The van der Waals surface area contributed by atoms with Crippen LogP contribution in [0.25, 0.3) is 67.5 Å². The second-order valence-electron chi connectivity index (χ2n) is 9.88. The van der Waals surface area contributed by atoms with Crippen molar-refractivity contribution in [2.24, 2.45) is 0 Å². The summed E-state index contributed by atoms with van der Waals surface area (Å²) in [5.74, 6) is 0. The van der Waals surface area contributed by atoms with Crippen molar-refractivity contribution in [2.45, 2.75) is 0 Å². The van der Waals surface area contributed by atoms with Crippen molar-refractivity contribution < 1.29 is 0 Å². The van der Waals surface area contributed by atoms with E-state index in [2.05, 4.69) is 84.0 Å². The highest BCUT2D eigenvalue weighted by Crippen LogP contribution is 2.33. The Kier molecular flexibility index (Phi) is 6.48. The van der Waals surface area contributed by atoms with Crippen LogP contribution < -0.4 is 0 Å². The van der Waals surface area contributed by atoms with E-state index in [1.165, 1.54) is 0 Å². The Morgan fingerprint density at radius 2 is 0.659 bits per heavy atom. The van der Waals surface area contributed by atoms with Crippen LogP contribution in [0.15, 0.2) is 152 Å². The van der Waals surface area contributed by atoms with Crippen molar-refractivity contribution in [1.29, 1.82) is 0 Å². The lowest BCUT2D eigenvalue weighted by Crippen LogP contribution is -1.91. The summed E-state index contributed by atoms with van der Waals surface area (Å²) in [7, 11) is 0. The number of hydrogen-bond donors (Lipinski definition) is 1. The smallest absolute Gasteiger partial charge is 0.0928 e. The van der Waals surface area contributed by atoms with Crippen LogP contribution in [0.1, 0.15) is 0 Å². The van der Waals surface area contributed by atoms with Gasteiger partial charge >= 0.3 is 0 Å². The van der Waals surface area contributed by atoms with Crippen LogP contribution >= 0.6 is 0 Å². The Bertz CT molecular complexity index is 1660. The molecule has 0 radical (unpaired) electrons. The number of rotatable bonds is 6. The minimum Gasteiger partial charge on any atom is -0.277 e. The molecule has 3 aromatic heterocycles. The molecule has 0 aliphatic heterocycles. The van der Waals surface area contributed by atoms with E-state index in [-0.39, 0.29) is 0 Å². The van der Waals surface area contributed by atoms with Crippen LogP contribution in [0.2, 0.25) is 0 Å². The maximum absolute atomic E-state index is 5.01. The van der Waals surface area contributed by atoms with Crippen molar-refractivity contribution in [1.82, 2.24) is 20.2 Å². The number of hydrogen-bond acceptors (Lipinski definition) is 3. The number of H-pyrrole nitrogens is 1. The van der Waals surface area contributed by atoms with E-state index in [1.54, 1.807) is 0 Å². The highest BCUT2D eigenvalue weighted by Gasteiger charge is 2.14. The van der Waals surface area contributed by atoms with E-state index in [4.69, 9.17) is 15.1 Å². The molecule has 0 atom stereocenters. The molecule has 0 amide bonds. The third-order valence-corrected chi connectivity index (χ3v) is 7.11. The Morgan fingerprint density at radius 1 is 0.317 bits per heavy atom. The van der Waals surface area contributed by atoms with E-state index in [0.29, 0.717) is 0 Å². The topological polar surface area (TPSA) is 54.5 Å². The molecule has 4 heteroatoms. The van der Waals surface area contributed by atoms with Crippen molar-refractivity contribution in [3.63, 3.8) is 0 Å². The third kappa shape index (κ3) is 5.19. The third-order valence-electron chi connectivity index (χ3n) is 7.11. The van der Waals surface area contributed by atoms with Gasteiger partial charge in [-0.25, -0.2) is 9.97 Å². The summed E-state index contributed by atoms with van der Waals surface area (Å²) < 4.78 is 0. The molecule has 41 heavy (non-hydrogen) atoms. The molecule has 0 spiro atoms. The van der Waals surface area contributed by atoms with Gasteiger partial charge in [0.1, 0.15) is 0 Å². The van der Waals surface area contributed by atoms with Crippen LogP contribution in [0.4, 0.5) is 0 Å². The Labute approximate surface area is 239 Å². The number of aromatic nitrogens is 4. The molecule has 0 aliphatic rings. The lowest BCUT2D eigenvalue weighted by Gasteiger charge is -2.09. The molecular formula is C37H26N4. The molecular weight excluding hydrogens is 500 g/mol. The zero-order valence-electron chi connectivity index (χ0n) is 22.3. The molecule has 4 aromatic carbocycles. The summed E-state index contributed by atoms with van der Waals surface area (Å²) in [6.45, 7) is 0. The maximum Gasteiger partial charge on any atom is 0.0928 e. The Balaban J connectivity index is 1.34. The molecule has 3 heterocycles. The van der Waals surface area contributed by atoms with Gasteiger partial charge in [0, 0.05) is 33.4 Å². The zero-order chi connectivity index (χ0) is 27.4. The van der Waals surface area contributed by atoms with Crippen LogP contribution in [0.5, 0.6) is 0 Å². The van der Waals surface area contributed by atoms with Crippen molar-refractivity contribution in [3.8, 4) is 67.5 Å².